The average molecular weight is 191 g/mol. The van der Waals surface area contributed by atoms with Gasteiger partial charge < -0.3 is 5.32 Å². The Bertz CT molecular complexity index is 322. The molecule has 0 radical (unpaired) electrons. The number of hydrogen-bond acceptors (Lipinski definition) is 1. The lowest BCUT2D eigenvalue weighted by Gasteiger charge is -2.12. The Labute approximate surface area is 85.3 Å². The van der Waals surface area contributed by atoms with E-state index >= 15 is 0 Å². The maximum absolute atomic E-state index is 11.5. The van der Waals surface area contributed by atoms with Crippen molar-refractivity contribution in [2.45, 2.75) is 27.7 Å². The summed E-state index contributed by atoms with van der Waals surface area (Å²) >= 11 is 0. The Morgan fingerprint density at radius 1 is 1.21 bits per heavy atom. The van der Waals surface area contributed by atoms with Crippen LogP contribution in [0.5, 0.6) is 0 Å². The van der Waals surface area contributed by atoms with Gasteiger partial charge in [-0.3, -0.25) is 4.79 Å². The van der Waals surface area contributed by atoms with Crippen molar-refractivity contribution in [3.8, 4) is 0 Å². The van der Waals surface area contributed by atoms with Gasteiger partial charge in [0.15, 0.2) is 0 Å². The molecule has 0 aromatic heterocycles. The summed E-state index contributed by atoms with van der Waals surface area (Å²) in [5, 5.41) is 2.94. The van der Waals surface area contributed by atoms with Crippen molar-refractivity contribution < 1.29 is 4.79 Å². The lowest BCUT2D eigenvalue weighted by molar-refractivity contribution is -0.118. The van der Waals surface area contributed by atoms with Crippen LogP contribution in [0.15, 0.2) is 18.2 Å². The van der Waals surface area contributed by atoms with Crippen molar-refractivity contribution in [2.75, 3.05) is 5.32 Å². The molecular weight excluding hydrogens is 174 g/mol. The second-order valence-corrected chi connectivity index (χ2v) is 3.91. The first-order chi connectivity index (χ1) is 6.52. The van der Waals surface area contributed by atoms with Gasteiger partial charge in [-0.25, -0.2) is 0 Å². The number of aryl methyl sites for hydroxylation is 2. The molecule has 0 aliphatic rings. The van der Waals surface area contributed by atoms with Crippen LogP contribution in [0.1, 0.15) is 25.0 Å². The molecule has 0 unspecified atom stereocenters. The maximum Gasteiger partial charge on any atom is 0.226 e. The Balaban J connectivity index is 2.91. The van der Waals surface area contributed by atoms with E-state index in [-0.39, 0.29) is 11.8 Å². The highest BCUT2D eigenvalue weighted by Gasteiger charge is 2.09. The molecule has 14 heavy (non-hydrogen) atoms. The highest BCUT2D eigenvalue weighted by molar-refractivity contribution is 5.93. The van der Waals surface area contributed by atoms with Crippen LogP contribution in [0, 0.1) is 19.8 Å². The van der Waals surface area contributed by atoms with Gasteiger partial charge in [-0.1, -0.05) is 32.0 Å². The largest absolute Gasteiger partial charge is 0.325 e. The van der Waals surface area contributed by atoms with E-state index in [0.29, 0.717) is 0 Å². The second-order valence-electron chi connectivity index (χ2n) is 3.91. The summed E-state index contributed by atoms with van der Waals surface area (Å²) < 4.78 is 0. The smallest absolute Gasteiger partial charge is 0.226 e. The van der Waals surface area contributed by atoms with Crippen molar-refractivity contribution >= 4 is 11.6 Å². The van der Waals surface area contributed by atoms with Crippen molar-refractivity contribution in [3.05, 3.63) is 29.3 Å². The van der Waals surface area contributed by atoms with Gasteiger partial charge in [-0.05, 0) is 25.0 Å². The number of rotatable bonds is 2. The zero-order chi connectivity index (χ0) is 10.7. The number of amides is 1. The van der Waals surface area contributed by atoms with E-state index in [4.69, 9.17) is 0 Å². The summed E-state index contributed by atoms with van der Waals surface area (Å²) in [4.78, 5) is 11.5. The summed E-state index contributed by atoms with van der Waals surface area (Å²) in [7, 11) is 0. The number of carbonyl (C=O) groups excluding carboxylic acids is 1. The van der Waals surface area contributed by atoms with Gasteiger partial charge in [0.1, 0.15) is 0 Å². The number of benzene rings is 1. The SMILES string of the molecule is Cc1cccc(C)c1NC(=O)C(C)C. The molecule has 0 bridgehead atoms. The summed E-state index contributed by atoms with van der Waals surface area (Å²) in [5.41, 5.74) is 3.17. The average Bonchev–Trinajstić information content (AvgIpc) is 2.11. The molecule has 2 nitrogen and oxygen atoms in total. The van der Waals surface area contributed by atoms with E-state index in [0.717, 1.165) is 16.8 Å². The standard InChI is InChI=1S/C12H17NO/c1-8(2)12(14)13-11-9(3)6-5-7-10(11)4/h5-8H,1-4H3,(H,13,14). The van der Waals surface area contributed by atoms with Gasteiger partial charge in [0.25, 0.3) is 0 Å². The van der Waals surface area contributed by atoms with Crippen LogP contribution in [0.25, 0.3) is 0 Å². The molecule has 0 heterocycles. The summed E-state index contributed by atoms with van der Waals surface area (Å²) in [6.07, 6.45) is 0. The van der Waals surface area contributed by atoms with Gasteiger partial charge in [-0.15, -0.1) is 0 Å². The first kappa shape index (κ1) is 10.8. The van der Waals surface area contributed by atoms with Gasteiger partial charge in [0.05, 0.1) is 0 Å². The molecule has 1 rings (SSSR count). The summed E-state index contributed by atoms with van der Waals surface area (Å²) in [5.74, 6) is 0.0939. The number of nitrogens with one attached hydrogen (secondary N) is 1. The van der Waals surface area contributed by atoms with Crippen LogP contribution in [0.2, 0.25) is 0 Å². The molecule has 0 atom stereocenters. The number of para-hydroxylation sites is 1. The number of carbonyl (C=O) groups is 1. The normalized spacial score (nSPS) is 10.4. The van der Waals surface area contributed by atoms with E-state index in [1.807, 2.05) is 45.9 Å². The molecule has 76 valence electrons. The maximum atomic E-state index is 11.5. The van der Waals surface area contributed by atoms with Crippen molar-refractivity contribution in [3.63, 3.8) is 0 Å². The predicted molar refractivity (Wildman–Crippen MR) is 59.4 cm³/mol. The van der Waals surface area contributed by atoms with Crippen LogP contribution in [0.4, 0.5) is 5.69 Å². The van der Waals surface area contributed by atoms with Gasteiger partial charge in [0.2, 0.25) is 5.91 Å². The quantitative estimate of drug-likeness (QED) is 0.765. The Hall–Kier alpha value is -1.31. The fourth-order valence-electron chi connectivity index (χ4n) is 1.28. The third-order valence-corrected chi connectivity index (χ3v) is 2.25. The molecule has 0 saturated carbocycles. The van der Waals surface area contributed by atoms with E-state index in [9.17, 15) is 4.79 Å². The van der Waals surface area contributed by atoms with E-state index < -0.39 is 0 Å². The highest BCUT2D eigenvalue weighted by atomic mass is 16.1. The van der Waals surface area contributed by atoms with Crippen LogP contribution in [-0.2, 0) is 4.79 Å². The molecule has 0 aliphatic carbocycles. The molecule has 1 amide bonds. The van der Waals surface area contributed by atoms with E-state index in [2.05, 4.69) is 5.32 Å². The van der Waals surface area contributed by atoms with Crippen molar-refractivity contribution in [1.82, 2.24) is 0 Å². The molecule has 0 aliphatic heterocycles. The minimum absolute atomic E-state index is 0.0222. The van der Waals surface area contributed by atoms with Crippen LogP contribution in [-0.4, -0.2) is 5.91 Å². The minimum atomic E-state index is 0.0222. The van der Waals surface area contributed by atoms with Gasteiger partial charge >= 0.3 is 0 Å². The molecule has 2 heteroatoms. The Morgan fingerprint density at radius 3 is 2.14 bits per heavy atom. The molecule has 0 saturated heterocycles. The minimum Gasteiger partial charge on any atom is -0.325 e. The highest BCUT2D eigenvalue weighted by Crippen LogP contribution is 2.19. The lowest BCUT2D eigenvalue weighted by Crippen LogP contribution is -2.19. The second kappa shape index (κ2) is 4.27. The summed E-state index contributed by atoms with van der Waals surface area (Å²) in [6.45, 7) is 7.79. The fraction of sp³-hybridized carbons (Fsp3) is 0.417. The number of anilines is 1. The molecule has 0 fully saturated rings. The predicted octanol–water partition coefficient (Wildman–Crippen LogP) is 2.90. The molecule has 1 aromatic carbocycles. The number of hydrogen-bond donors (Lipinski definition) is 1. The third-order valence-electron chi connectivity index (χ3n) is 2.25. The first-order valence-electron chi connectivity index (χ1n) is 4.89. The van der Waals surface area contributed by atoms with Crippen LogP contribution < -0.4 is 5.32 Å². The van der Waals surface area contributed by atoms with Crippen LogP contribution in [0.3, 0.4) is 0 Å². The monoisotopic (exact) mass is 191 g/mol. The molecular formula is C12H17NO. The van der Waals surface area contributed by atoms with Crippen LogP contribution >= 0.6 is 0 Å². The molecule has 1 aromatic rings. The zero-order valence-electron chi connectivity index (χ0n) is 9.22. The van der Waals surface area contributed by atoms with Gasteiger partial charge in [0, 0.05) is 11.6 Å². The zero-order valence-corrected chi connectivity index (χ0v) is 9.22. The molecule has 1 N–H and O–H groups in total. The van der Waals surface area contributed by atoms with Gasteiger partial charge in [-0.2, -0.15) is 0 Å². The topological polar surface area (TPSA) is 29.1 Å². The van der Waals surface area contributed by atoms with E-state index in [1.54, 1.807) is 0 Å². The third kappa shape index (κ3) is 2.34. The Kier molecular flexibility index (Phi) is 3.28. The first-order valence-corrected chi connectivity index (χ1v) is 4.89. The molecule has 0 spiro atoms. The van der Waals surface area contributed by atoms with Crippen molar-refractivity contribution in [2.24, 2.45) is 5.92 Å². The Morgan fingerprint density at radius 2 is 1.71 bits per heavy atom. The fourth-order valence-corrected chi connectivity index (χ4v) is 1.28. The van der Waals surface area contributed by atoms with E-state index in [1.165, 1.54) is 0 Å². The van der Waals surface area contributed by atoms with Crippen molar-refractivity contribution in [1.29, 1.82) is 0 Å². The summed E-state index contributed by atoms with van der Waals surface area (Å²) in [6, 6.07) is 6.00. The lowest BCUT2D eigenvalue weighted by atomic mass is 10.1.